The Kier molecular flexibility index (Phi) is 7.67. The zero-order valence-electron chi connectivity index (χ0n) is 29.5. The maximum absolute atomic E-state index is 17.6. The van der Waals surface area contributed by atoms with Crippen LogP contribution >= 0.6 is 0 Å². The minimum atomic E-state index is -0.454. The first-order valence-corrected chi connectivity index (χ1v) is 18.3. The molecule has 10 nitrogen and oxygen atoms in total. The number of nitriles is 1. The van der Waals surface area contributed by atoms with Gasteiger partial charge in [0.05, 0.1) is 35.4 Å². The maximum Gasteiger partial charge on any atom is 0.228 e. The molecular weight excluding hydrogens is 643 g/mol. The fraction of sp³-hybridized carbons (Fsp3) is 0.450. The average Bonchev–Trinajstić information content (AvgIpc) is 3.93. The minimum absolute atomic E-state index is 0.0833. The van der Waals surface area contributed by atoms with Crippen LogP contribution in [0.25, 0.3) is 32.9 Å². The molecule has 6 heterocycles. The molecule has 3 aromatic heterocycles. The molecule has 0 spiro atoms. The molecule has 11 heteroatoms. The summed E-state index contributed by atoms with van der Waals surface area (Å²) < 4.78 is 28.2. The molecule has 5 aromatic rings. The molecule has 1 unspecified atom stereocenters. The van der Waals surface area contributed by atoms with Crippen molar-refractivity contribution in [2.75, 3.05) is 25.5 Å². The fourth-order valence-electron chi connectivity index (χ4n) is 9.59. The predicted octanol–water partition coefficient (Wildman–Crippen LogP) is 6.48. The number of hydrogen-bond acceptors (Lipinski definition) is 8. The first kappa shape index (κ1) is 32.1. The van der Waals surface area contributed by atoms with Crippen molar-refractivity contribution in [3.8, 4) is 23.1 Å². The molecule has 4 fully saturated rings. The molecule has 262 valence electrons. The highest BCUT2D eigenvalue weighted by atomic mass is 19.1. The number of hydrogen-bond donors (Lipinski definition) is 2. The number of nitrogens with one attached hydrogen (secondary N) is 2. The van der Waals surface area contributed by atoms with E-state index in [0.717, 1.165) is 73.9 Å². The van der Waals surface area contributed by atoms with E-state index in [0.29, 0.717) is 39.1 Å². The number of likely N-dealkylation sites (N-methyl/N-ethyl adjacent to an activating group) is 1. The summed E-state index contributed by atoms with van der Waals surface area (Å²) in [4.78, 5) is 22.0. The Morgan fingerprint density at radius 2 is 2.06 bits per heavy atom. The van der Waals surface area contributed by atoms with Gasteiger partial charge in [-0.3, -0.25) is 14.4 Å². The van der Waals surface area contributed by atoms with Crippen molar-refractivity contribution in [3.05, 3.63) is 75.6 Å². The number of nitrogens with zero attached hydrogens (tertiary/aromatic N) is 6. The molecule has 3 saturated heterocycles. The lowest BCUT2D eigenvalue weighted by Gasteiger charge is -2.38. The number of halogens is 1. The molecule has 2 aliphatic carbocycles. The second-order valence-corrected chi connectivity index (χ2v) is 15.2. The molecule has 6 atom stereocenters. The van der Waals surface area contributed by atoms with Crippen LogP contribution in [-0.4, -0.2) is 62.6 Å². The topological polar surface area (TPSA) is 113 Å². The van der Waals surface area contributed by atoms with Crippen LogP contribution < -0.4 is 20.8 Å². The number of pyridine rings is 2. The fourth-order valence-corrected chi connectivity index (χ4v) is 9.59. The summed E-state index contributed by atoms with van der Waals surface area (Å²) in [6, 6.07) is 10.9. The molecule has 2 N–H and O–H groups in total. The lowest BCUT2D eigenvalue weighted by atomic mass is 9.78. The summed E-state index contributed by atoms with van der Waals surface area (Å²) >= 11 is 0. The van der Waals surface area contributed by atoms with Gasteiger partial charge in [-0.05, 0) is 100 Å². The molecule has 3 aliphatic heterocycles. The number of benzene rings is 2. The first-order valence-electron chi connectivity index (χ1n) is 18.3. The van der Waals surface area contributed by atoms with E-state index in [9.17, 15) is 10.1 Å². The van der Waals surface area contributed by atoms with Gasteiger partial charge in [0.2, 0.25) is 11.3 Å². The number of aromatic nitrogens is 4. The van der Waals surface area contributed by atoms with Crippen molar-refractivity contribution in [2.24, 2.45) is 13.0 Å². The Labute approximate surface area is 296 Å². The Bertz CT molecular complexity index is 2310. The second kappa shape index (κ2) is 12.2. The number of fused-ring (bicyclic) bond motifs is 5. The van der Waals surface area contributed by atoms with Crippen LogP contribution in [0.4, 0.5) is 15.8 Å². The summed E-state index contributed by atoms with van der Waals surface area (Å²) in [5.41, 5.74) is 5.61. The Morgan fingerprint density at radius 1 is 1.20 bits per heavy atom. The third kappa shape index (κ3) is 5.06. The van der Waals surface area contributed by atoms with Gasteiger partial charge in [-0.2, -0.15) is 10.4 Å². The van der Waals surface area contributed by atoms with Crippen molar-refractivity contribution in [1.29, 1.82) is 5.26 Å². The lowest BCUT2D eigenvalue weighted by molar-refractivity contribution is 0.119. The number of anilines is 2. The molecule has 2 aromatic carbocycles. The smallest absolute Gasteiger partial charge is 0.228 e. The highest BCUT2D eigenvalue weighted by Crippen LogP contribution is 2.48. The van der Waals surface area contributed by atoms with E-state index in [1.165, 1.54) is 0 Å². The van der Waals surface area contributed by atoms with Gasteiger partial charge in [0.25, 0.3) is 0 Å². The quantitative estimate of drug-likeness (QED) is 0.187. The molecular formula is C40H43FN8O2. The van der Waals surface area contributed by atoms with Crippen LogP contribution in [0.15, 0.2) is 47.7 Å². The van der Waals surface area contributed by atoms with Crippen LogP contribution in [0.3, 0.4) is 0 Å². The lowest BCUT2D eigenvalue weighted by Crippen LogP contribution is -2.40. The van der Waals surface area contributed by atoms with Gasteiger partial charge < -0.3 is 19.9 Å². The van der Waals surface area contributed by atoms with Crippen molar-refractivity contribution in [1.82, 2.24) is 29.5 Å². The van der Waals surface area contributed by atoms with Crippen LogP contribution in [0, 0.1) is 30.0 Å². The molecule has 51 heavy (non-hydrogen) atoms. The van der Waals surface area contributed by atoms with Crippen LogP contribution in [0.2, 0.25) is 0 Å². The van der Waals surface area contributed by atoms with Crippen LogP contribution in [0.1, 0.15) is 67.7 Å². The van der Waals surface area contributed by atoms with Gasteiger partial charge in [0.15, 0.2) is 5.82 Å². The van der Waals surface area contributed by atoms with E-state index in [1.54, 1.807) is 10.9 Å². The summed E-state index contributed by atoms with van der Waals surface area (Å²) in [7, 11) is 3.93. The van der Waals surface area contributed by atoms with Crippen molar-refractivity contribution >= 4 is 33.2 Å². The van der Waals surface area contributed by atoms with Gasteiger partial charge in [0.1, 0.15) is 22.7 Å². The van der Waals surface area contributed by atoms with Gasteiger partial charge in [-0.15, -0.1) is 0 Å². The van der Waals surface area contributed by atoms with Crippen molar-refractivity contribution in [2.45, 2.75) is 82.5 Å². The normalized spacial score (nSPS) is 24.7. The summed E-state index contributed by atoms with van der Waals surface area (Å²) in [5.74, 6) is -0.222. The molecule has 0 amide bonds. The number of rotatable bonds is 7. The van der Waals surface area contributed by atoms with Gasteiger partial charge >= 0.3 is 0 Å². The van der Waals surface area contributed by atoms with Crippen LogP contribution in [-0.2, 0) is 13.5 Å². The van der Waals surface area contributed by atoms with E-state index in [-0.39, 0.29) is 47.0 Å². The Morgan fingerprint density at radius 3 is 2.76 bits per heavy atom. The van der Waals surface area contributed by atoms with Crippen molar-refractivity contribution in [3.63, 3.8) is 0 Å². The number of likely N-dealkylation sites (tertiary alicyclic amines) is 1. The third-order valence-corrected chi connectivity index (χ3v) is 12.1. The minimum Gasteiger partial charge on any atom is -0.472 e. The third-order valence-electron chi connectivity index (χ3n) is 12.1. The molecule has 10 rings (SSSR count). The van der Waals surface area contributed by atoms with Gasteiger partial charge in [0, 0.05) is 49.0 Å². The van der Waals surface area contributed by atoms with E-state index in [1.807, 2.05) is 51.5 Å². The first-order chi connectivity index (χ1) is 24.7. The summed E-state index contributed by atoms with van der Waals surface area (Å²) in [5, 5.41) is 22.3. The van der Waals surface area contributed by atoms with Gasteiger partial charge in [-0.25, -0.2) is 9.37 Å². The summed E-state index contributed by atoms with van der Waals surface area (Å²) in [6.07, 6.45) is 10.8. The summed E-state index contributed by atoms with van der Waals surface area (Å²) in [6.45, 7) is 5.80. The highest BCUT2D eigenvalue weighted by molar-refractivity contribution is 6.08. The van der Waals surface area contributed by atoms with E-state index >= 15 is 4.39 Å². The van der Waals surface area contributed by atoms with E-state index < -0.39 is 5.82 Å². The SMILES string of the molecule is Cc1cc2c(nc(O[C@@H](C)[C@@H]3CCCN3C)c3c(=O)c(Nc4cnn(C)c4)cn([C@H]4[C@H]5CN[C@@H]4C5)c32)c(F)c1-c1cccc2c1C(C#N)CCC2. The molecule has 2 bridgehead atoms. The average molecular weight is 687 g/mol. The largest absolute Gasteiger partial charge is 0.472 e. The standard InChI is InChI=1S/C40H43FN8O2/c1-21-14-28-36(35(41)32(21)27-11-6-9-23-8-5-10-24(16-42)33(23)27)46-40(51-22(2)31-12-7-13-47(31)3)34-38(28)49(37-25-15-29(37)43-17-25)20-30(39(34)50)45-26-18-44-48(4)19-26/h6,9,11,14,18-20,22,24-25,29,31,37,43,45H,5,7-8,10,12-13,15,17H2,1-4H3/t22-,24?,25+,29+,31-,37-/m0/s1. The molecule has 5 aliphatic rings. The number of ether oxygens (including phenoxy) is 1. The number of aryl methyl sites for hydroxylation is 3. The van der Waals surface area contributed by atoms with Crippen LogP contribution in [0.5, 0.6) is 5.88 Å². The zero-order valence-corrected chi connectivity index (χ0v) is 29.5. The van der Waals surface area contributed by atoms with E-state index in [2.05, 4.69) is 44.4 Å². The zero-order chi connectivity index (χ0) is 35.1. The predicted molar refractivity (Wildman–Crippen MR) is 196 cm³/mol. The Balaban J connectivity index is 1.33. The second-order valence-electron chi connectivity index (χ2n) is 15.2. The molecule has 1 saturated carbocycles. The van der Waals surface area contributed by atoms with Gasteiger partial charge in [-0.1, -0.05) is 18.2 Å². The highest BCUT2D eigenvalue weighted by Gasteiger charge is 2.48. The molecule has 0 radical (unpaired) electrons. The van der Waals surface area contributed by atoms with Crippen molar-refractivity contribution < 1.29 is 9.13 Å². The monoisotopic (exact) mass is 686 g/mol. The van der Waals surface area contributed by atoms with E-state index in [4.69, 9.17) is 9.72 Å². The Hall–Kier alpha value is -4.79. The maximum atomic E-state index is 17.6.